The molecule has 0 fully saturated rings. The quantitative estimate of drug-likeness (QED) is 0.570. The predicted molar refractivity (Wildman–Crippen MR) is 41.1 cm³/mol. The van der Waals surface area contributed by atoms with Crippen LogP contribution in [0.1, 0.15) is 6.93 Å². The van der Waals surface area contributed by atoms with Crippen LogP contribution in [0, 0.1) is 0 Å². The summed E-state index contributed by atoms with van der Waals surface area (Å²) >= 11 is 0. The molecule has 0 saturated carbocycles. The first-order valence-corrected chi connectivity index (χ1v) is 3.24. The van der Waals surface area contributed by atoms with E-state index >= 15 is 0 Å². The van der Waals surface area contributed by atoms with Gasteiger partial charge in [-0.3, -0.25) is 4.79 Å². The van der Waals surface area contributed by atoms with E-state index in [0.29, 0.717) is 0 Å². The summed E-state index contributed by atoms with van der Waals surface area (Å²) in [4.78, 5) is 10.3. The van der Waals surface area contributed by atoms with Gasteiger partial charge in [0.25, 0.3) is 0 Å². The Bertz CT molecular complexity index is 325. The van der Waals surface area contributed by atoms with Crippen LogP contribution in [0.25, 0.3) is 0 Å². The minimum Gasteiger partial charge on any atom is -0.504 e. The summed E-state index contributed by atoms with van der Waals surface area (Å²) in [6.07, 6.45) is -0.278. The van der Waals surface area contributed by atoms with Crippen LogP contribution in [0.15, 0.2) is 18.2 Å². The summed E-state index contributed by atoms with van der Waals surface area (Å²) in [5.41, 5.74) is 0.285. The van der Waals surface area contributed by atoms with Crippen LogP contribution in [0.3, 0.4) is 0 Å². The molecule has 0 heterocycles. The number of phenolic OH excluding ortho intramolecular Hbond substituents is 2. The normalized spacial score (nSPS) is 10.8. The molecule has 12 heavy (non-hydrogen) atoms. The zero-order chi connectivity index (χ0) is 10.0. The van der Waals surface area contributed by atoms with Gasteiger partial charge in [0.1, 0.15) is 0 Å². The largest absolute Gasteiger partial charge is 0.504 e. The number of carboxylic acid groups (broad SMARTS) is 1. The average Bonchev–Trinajstić information content (AvgIpc) is 1.98. The maximum Gasteiger partial charge on any atom is 0.307 e. The summed E-state index contributed by atoms with van der Waals surface area (Å²) in [5.74, 6) is -2.05. The number of hydrogen-bond donors (Lipinski definition) is 3. The lowest BCUT2D eigenvalue weighted by Gasteiger charge is -1.99. The third-order valence-corrected chi connectivity index (χ3v) is 1.31. The Kier molecular flexibility index (Phi) is 1.82. The average molecular weight is 169 g/mol. The van der Waals surface area contributed by atoms with E-state index in [2.05, 4.69) is 0 Å². The molecule has 0 unspecified atom stereocenters. The number of aromatic hydroxyl groups is 2. The highest BCUT2D eigenvalue weighted by Crippen LogP contribution is 2.24. The highest BCUT2D eigenvalue weighted by Gasteiger charge is 2.03. The molecule has 0 radical (unpaired) electrons. The molecule has 4 nitrogen and oxygen atoms in total. The van der Waals surface area contributed by atoms with Gasteiger partial charge in [0.05, 0.1) is 7.79 Å². The number of carbonyl (C=O) groups is 1. The zero-order valence-corrected chi connectivity index (χ0v) is 6.11. The molecule has 0 amide bonds. The van der Waals surface area contributed by atoms with E-state index in [0.717, 1.165) is 6.07 Å². The Morgan fingerprint density at radius 1 is 1.50 bits per heavy atom. The number of hydrogen-bond acceptors (Lipinski definition) is 3. The van der Waals surface area contributed by atoms with E-state index in [-0.39, 0.29) is 18.0 Å². The minimum atomic E-state index is -1.05. The first-order valence-electron chi connectivity index (χ1n) is 3.74. The molecule has 1 rings (SSSR count). The second-order valence-electron chi connectivity index (χ2n) is 2.31. The summed E-state index contributed by atoms with van der Waals surface area (Å²) in [6, 6.07) is 2.04. The van der Waals surface area contributed by atoms with Crippen LogP contribution >= 0.6 is 0 Å². The molecule has 0 aromatic heterocycles. The van der Waals surface area contributed by atoms with Crippen LogP contribution in [-0.2, 0) is 11.2 Å². The highest BCUT2D eigenvalue weighted by molar-refractivity contribution is 5.70. The number of phenols is 2. The van der Waals surface area contributed by atoms with E-state index in [1.807, 2.05) is 0 Å². The molecule has 0 bridgehead atoms. The SMILES string of the molecule is [2H]c1cc(CC(=O)O)cc(O)c1O. The van der Waals surface area contributed by atoms with Gasteiger partial charge in [-0.25, -0.2) is 0 Å². The third kappa shape index (κ3) is 1.88. The van der Waals surface area contributed by atoms with Crippen molar-refractivity contribution in [3.05, 3.63) is 23.7 Å². The molecule has 0 aliphatic rings. The monoisotopic (exact) mass is 169 g/mol. The number of carboxylic acids is 1. The van der Waals surface area contributed by atoms with Crippen LogP contribution in [0.5, 0.6) is 11.5 Å². The molecular formula is C8H8O4. The fourth-order valence-electron chi connectivity index (χ4n) is 0.797. The van der Waals surface area contributed by atoms with Gasteiger partial charge in [0.2, 0.25) is 0 Å². The Balaban J connectivity index is 3.06. The van der Waals surface area contributed by atoms with Crippen molar-refractivity contribution in [2.75, 3.05) is 0 Å². The molecular weight excluding hydrogens is 160 g/mol. The molecule has 64 valence electrons. The van der Waals surface area contributed by atoms with Gasteiger partial charge >= 0.3 is 5.97 Å². The minimum absolute atomic E-state index is 0.278. The van der Waals surface area contributed by atoms with Crippen molar-refractivity contribution >= 4 is 5.97 Å². The number of rotatable bonds is 2. The molecule has 0 spiro atoms. The van der Waals surface area contributed by atoms with Gasteiger partial charge in [-0.1, -0.05) is 6.07 Å². The summed E-state index contributed by atoms with van der Waals surface area (Å²) in [6.45, 7) is 0. The van der Waals surface area contributed by atoms with E-state index < -0.39 is 17.5 Å². The van der Waals surface area contributed by atoms with Crippen LogP contribution in [0.2, 0.25) is 0 Å². The van der Waals surface area contributed by atoms with Gasteiger partial charge < -0.3 is 15.3 Å². The lowest BCUT2D eigenvalue weighted by atomic mass is 10.1. The van der Waals surface area contributed by atoms with Gasteiger partial charge in [-0.2, -0.15) is 0 Å². The maximum absolute atomic E-state index is 10.3. The van der Waals surface area contributed by atoms with Crippen molar-refractivity contribution in [1.82, 2.24) is 0 Å². The summed E-state index contributed by atoms with van der Waals surface area (Å²) < 4.78 is 7.14. The molecule has 0 aliphatic carbocycles. The molecule has 1 aromatic rings. The lowest BCUT2D eigenvalue weighted by molar-refractivity contribution is -0.136. The van der Waals surface area contributed by atoms with Crippen LogP contribution in [0.4, 0.5) is 0 Å². The topological polar surface area (TPSA) is 77.8 Å². The Morgan fingerprint density at radius 2 is 2.17 bits per heavy atom. The van der Waals surface area contributed by atoms with E-state index in [4.69, 9.17) is 16.7 Å². The predicted octanol–water partition coefficient (Wildman–Crippen LogP) is 0.725. The van der Waals surface area contributed by atoms with Crippen molar-refractivity contribution in [2.45, 2.75) is 6.42 Å². The fourth-order valence-corrected chi connectivity index (χ4v) is 0.797. The summed E-state index contributed by atoms with van der Waals surface area (Å²) in [7, 11) is 0. The van der Waals surface area contributed by atoms with Crippen molar-refractivity contribution in [1.29, 1.82) is 0 Å². The van der Waals surface area contributed by atoms with E-state index in [1.54, 1.807) is 0 Å². The van der Waals surface area contributed by atoms with Crippen molar-refractivity contribution in [3.8, 4) is 11.5 Å². The van der Waals surface area contributed by atoms with Gasteiger partial charge in [0.15, 0.2) is 11.5 Å². The second kappa shape index (κ2) is 3.13. The van der Waals surface area contributed by atoms with Crippen molar-refractivity contribution < 1.29 is 21.5 Å². The maximum atomic E-state index is 10.3. The van der Waals surface area contributed by atoms with Crippen LogP contribution < -0.4 is 0 Å². The standard InChI is InChI=1S/C8H8O4/c9-6-2-1-5(3-7(6)10)4-8(11)12/h1-3,9-10H,4H2,(H,11,12)/i2D. The van der Waals surface area contributed by atoms with Crippen LogP contribution in [-0.4, -0.2) is 21.3 Å². The smallest absolute Gasteiger partial charge is 0.307 e. The lowest BCUT2D eigenvalue weighted by Crippen LogP contribution is -1.99. The first kappa shape index (κ1) is 6.97. The molecule has 3 N–H and O–H groups in total. The Labute approximate surface area is 70.1 Å². The van der Waals surface area contributed by atoms with Crippen molar-refractivity contribution in [2.24, 2.45) is 0 Å². The third-order valence-electron chi connectivity index (χ3n) is 1.31. The highest BCUT2D eigenvalue weighted by atomic mass is 16.4. The fraction of sp³-hybridized carbons (Fsp3) is 0.125. The molecule has 0 atom stereocenters. The first-order chi connectivity index (χ1) is 6.00. The van der Waals surface area contributed by atoms with E-state index in [1.165, 1.54) is 6.07 Å². The number of aliphatic carboxylic acids is 1. The molecule has 0 saturated heterocycles. The molecule has 4 heteroatoms. The Hall–Kier alpha value is -1.71. The zero-order valence-electron chi connectivity index (χ0n) is 7.11. The van der Waals surface area contributed by atoms with Gasteiger partial charge in [-0.05, 0) is 17.7 Å². The Morgan fingerprint density at radius 3 is 2.67 bits per heavy atom. The molecule has 0 aliphatic heterocycles. The van der Waals surface area contributed by atoms with Gasteiger partial charge in [0, 0.05) is 0 Å². The second-order valence-corrected chi connectivity index (χ2v) is 2.31. The summed E-state index contributed by atoms with van der Waals surface area (Å²) in [5, 5.41) is 26.4. The van der Waals surface area contributed by atoms with Gasteiger partial charge in [-0.15, -0.1) is 0 Å². The number of benzene rings is 1. The van der Waals surface area contributed by atoms with Crippen molar-refractivity contribution in [3.63, 3.8) is 0 Å². The van der Waals surface area contributed by atoms with E-state index in [9.17, 15) is 4.79 Å². The molecule has 1 aromatic carbocycles.